The van der Waals surface area contributed by atoms with Crippen molar-refractivity contribution < 1.29 is 4.79 Å². The third-order valence-corrected chi connectivity index (χ3v) is 4.46. The molecule has 0 atom stereocenters. The molecule has 0 aliphatic carbocycles. The van der Waals surface area contributed by atoms with E-state index in [1.54, 1.807) is 18.3 Å². The summed E-state index contributed by atoms with van der Waals surface area (Å²) >= 11 is 4.69. The van der Waals surface area contributed by atoms with Gasteiger partial charge in [0.1, 0.15) is 11.1 Å². The van der Waals surface area contributed by atoms with Gasteiger partial charge in [-0.25, -0.2) is 4.98 Å². The van der Waals surface area contributed by atoms with E-state index in [4.69, 9.17) is 5.26 Å². The van der Waals surface area contributed by atoms with E-state index in [9.17, 15) is 4.79 Å². The molecule has 112 valence electrons. The van der Waals surface area contributed by atoms with E-state index in [1.165, 1.54) is 11.8 Å². The first-order valence-corrected chi connectivity index (χ1v) is 8.33. The molecule has 1 heterocycles. The van der Waals surface area contributed by atoms with Crippen LogP contribution in [0.15, 0.2) is 40.0 Å². The molecule has 1 aromatic carbocycles. The minimum Gasteiger partial charge on any atom is -0.325 e. The van der Waals surface area contributed by atoms with Crippen LogP contribution >= 0.6 is 27.7 Å². The Morgan fingerprint density at radius 3 is 2.73 bits per heavy atom. The molecular formula is C16H14BrN3OS. The van der Waals surface area contributed by atoms with Crippen molar-refractivity contribution >= 4 is 39.3 Å². The van der Waals surface area contributed by atoms with E-state index < -0.39 is 0 Å². The number of hydrogen-bond donors (Lipinski definition) is 1. The highest BCUT2D eigenvalue weighted by Gasteiger charge is 2.11. The maximum absolute atomic E-state index is 12.1. The van der Waals surface area contributed by atoms with Crippen molar-refractivity contribution in [2.75, 3.05) is 11.1 Å². The van der Waals surface area contributed by atoms with Gasteiger partial charge in [0.05, 0.1) is 11.3 Å². The average molecular weight is 376 g/mol. The molecule has 22 heavy (non-hydrogen) atoms. The maximum atomic E-state index is 12.1. The Morgan fingerprint density at radius 1 is 1.41 bits per heavy atom. The Labute approximate surface area is 142 Å². The molecule has 2 aromatic rings. The molecule has 0 saturated carbocycles. The van der Waals surface area contributed by atoms with Crippen molar-refractivity contribution in [1.29, 1.82) is 5.26 Å². The number of nitrogens with zero attached hydrogens (tertiary/aromatic N) is 2. The highest BCUT2D eigenvalue weighted by atomic mass is 79.9. The van der Waals surface area contributed by atoms with E-state index in [0.29, 0.717) is 10.6 Å². The second-order valence-electron chi connectivity index (χ2n) is 4.72. The highest BCUT2D eigenvalue weighted by molar-refractivity contribution is 9.10. The number of anilines is 1. The molecule has 4 nitrogen and oxygen atoms in total. The molecule has 6 heteroatoms. The van der Waals surface area contributed by atoms with E-state index in [-0.39, 0.29) is 11.7 Å². The normalized spacial score (nSPS) is 10.1. The van der Waals surface area contributed by atoms with Crippen LogP contribution in [0.2, 0.25) is 0 Å². The molecule has 0 unspecified atom stereocenters. The minimum absolute atomic E-state index is 0.118. The van der Waals surface area contributed by atoms with Gasteiger partial charge in [0, 0.05) is 16.4 Å². The second-order valence-corrected chi connectivity index (χ2v) is 6.60. The summed E-state index contributed by atoms with van der Waals surface area (Å²) in [6.45, 7) is 3.90. The molecule has 1 amide bonds. The number of nitrogens with one attached hydrogen (secondary N) is 1. The minimum atomic E-state index is -0.118. The number of pyridine rings is 1. The average Bonchev–Trinajstić information content (AvgIpc) is 2.49. The lowest BCUT2D eigenvalue weighted by atomic mass is 10.1. The van der Waals surface area contributed by atoms with E-state index in [2.05, 4.69) is 32.3 Å². The summed E-state index contributed by atoms with van der Waals surface area (Å²) < 4.78 is 0.988. The molecular weight excluding hydrogens is 362 g/mol. The zero-order valence-corrected chi connectivity index (χ0v) is 14.6. The summed E-state index contributed by atoms with van der Waals surface area (Å²) in [4.78, 5) is 16.2. The van der Waals surface area contributed by atoms with Gasteiger partial charge in [-0.1, -0.05) is 27.7 Å². The molecule has 0 aliphatic rings. The number of halogens is 1. The Kier molecular flexibility index (Phi) is 5.58. The van der Waals surface area contributed by atoms with Gasteiger partial charge in [0.2, 0.25) is 5.91 Å². The van der Waals surface area contributed by atoms with Crippen LogP contribution in [0.3, 0.4) is 0 Å². The quantitative estimate of drug-likeness (QED) is 0.818. The van der Waals surface area contributed by atoms with Gasteiger partial charge in [-0.05, 0) is 49.2 Å². The first-order chi connectivity index (χ1) is 10.5. The summed E-state index contributed by atoms with van der Waals surface area (Å²) in [7, 11) is 0. The number of benzene rings is 1. The predicted molar refractivity (Wildman–Crippen MR) is 91.9 cm³/mol. The van der Waals surface area contributed by atoms with Crippen LogP contribution in [0.1, 0.15) is 16.7 Å². The summed E-state index contributed by atoms with van der Waals surface area (Å²) in [5, 5.41) is 12.5. The molecule has 0 fully saturated rings. The van der Waals surface area contributed by atoms with Gasteiger partial charge >= 0.3 is 0 Å². The number of hydrogen-bond acceptors (Lipinski definition) is 4. The Bertz CT molecular complexity index is 732. The number of carbonyl (C=O) groups is 1. The molecule has 0 bridgehead atoms. The van der Waals surface area contributed by atoms with Crippen molar-refractivity contribution in [3.8, 4) is 6.07 Å². The number of carbonyl (C=O) groups excluding carboxylic acids is 1. The van der Waals surface area contributed by atoms with Gasteiger partial charge in [0.25, 0.3) is 0 Å². The van der Waals surface area contributed by atoms with Crippen LogP contribution in [0.4, 0.5) is 5.69 Å². The lowest BCUT2D eigenvalue weighted by molar-refractivity contribution is -0.113. The molecule has 1 N–H and O–H groups in total. The van der Waals surface area contributed by atoms with Crippen molar-refractivity contribution in [3.63, 3.8) is 0 Å². The largest absolute Gasteiger partial charge is 0.325 e. The number of amides is 1. The molecule has 0 aliphatic heterocycles. The lowest BCUT2D eigenvalue weighted by Crippen LogP contribution is -2.16. The number of nitriles is 1. The van der Waals surface area contributed by atoms with Crippen molar-refractivity contribution in [2.24, 2.45) is 0 Å². The van der Waals surface area contributed by atoms with Gasteiger partial charge in [-0.3, -0.25) is 4.79 Å². The fourth-order valence-electron chi connectivity index (χ4n) is 2.01. The van der Waals surface area contributed by atoms with Crippen molar-refractivity contribution in [1.82, 2.24) is 4.98 Å². The lowest BCUT2D eigenvalue weighted by Gasteiger charge is -2.12. The third kappa shape index (κ3) is 4.09. The van der Waals surface area contributed by atoms with E-state index in [0.717, 1.165) is 21.3 Å². The molecule has 0 saturated heterocycles. The SMILES string of the molecule is Cc1cc(Br)cc(C)c1NC(=O)CSc1ncccc1C#N. The number of rotatable bonds is 4. The molecule has 0 radical (unpaired) electrons. The van der Waals surface area contributed by atoms with E-state index >= 15 is 0 Å². The number of aromatic nitrogens is 1. The zero-order chi connectivity index (χ0) is 16.1. The highest BCUT2D eigenvalue weighted by Crippen LogP contribution is 2.26. The Morgan fingerprint density at radius 2 is 2.09 bits per heavy atom. The van der Waals surface area contributed by atoms with Crippen LogP contribution < -0.4 is 5.32 Å². The standard InChI is InChI=1S/C16H14BrN3OS/c1-10-6-13(17)7-11(2)15(10)20-14(21)9-22-16-12(8-18)4-3-5-19-16/h3-7H,9H2,1-2H3,(H,20,21). The molecule has 0 spiro atoms. The van der Waals surface area contributed by atoms with Gasteiger partial charge < -0.3 is 5.32 Å². The van der Waals surface area contributed by atoms with Crippen molar-refractivity contribution in [2.45, 2.75) is 18.9 Å². The van der Waals surface area contributed by atoms with Crippen molar-refractivity contribution in [3.05, 3.63) is 51.6 Å². The first kappa shape index (κ1) is 16.5. The van der Waals surface area contributed by atoms with Gasteiger partial charge in [-0.2, -0.15) is 5.26 Å². The first-order valence-electron chi connectivity index (χ1n) is 6.55. The summed E-state index contributed by atoms with van der Waals surface area (Å²) in [5.41, 5.74) is 3.31. The fraction of sp³-hybridized carbons (Fsp3) is 0.188. The van der Waals surface area contributed by atoms with E-state index in [1.807, 2.05) is 26.0 Å². The van der Waals surface area contributed by atoms with Crippen LogP contribution in [-0.4, -0.2) is 16.6 Å². The van der Waals surface area contributed by atoms with Crippen LogP contribution in [0.25, 0.3) is 0 Å². The summed E-state index contributed by atoms with van der Waals surface area (Å²) in [6, 6.07) is 9.39. The molecule has 1 aromatic heterocycles. The predicted octanol–water partition coefficient (Wildman–Crippen LogP) is 4.06. The van der Waals surface area contributed by atoms with Crippen LogP contribution in [-0.2, 0) is 4.79 Å². The Balaban J connectivity index is 2.04. The van der Waals surface area contributed by atoms with Crippen LogP contribution in [0.5, 0.6) is 0 Å². The van der Waals surface area contributed by atoms with Gasteiger partial charge in [-0.15, -0.1) is 0 Å². The monoisotopic (exact) mass is 375 g/mol. The van der Waals surface area contributed by atoms with Crippen LogP contribution in [0, 0.1) is 25.2 Å². The van der Waals surface area contributed by atoms with Gasteiger partial charge in [0.15, 0.2) is 0 Å². The topological polar surface area (TPSA) is 65.8 Å². The summed E-state index contributed by atoms with van der Waals surface area (Å²) in [6.07, 6.45) is 1.62. The Hall–Kier alpha value is -1.84. The zero-order valence-electron chi connectivity index (χ0n) is 12.2. The maximum Gasteiger partial charge on any atom is 0.234 e. The number of thioether (sulfide) groups is 1. The fourth-order valence-corrected chi connectivity index (χ4v) is 3.44. The molecule has 2 rings (SSSR count). The smallest absolute Gasteiger partial charge is 0.234 e. The summed E-state index contributed by atoms with van der Waals surface area (Å²) in [5.74, 6) is 0.0914. The third-order valence-electron chi connectivity index (χ3n) is 2.99. The number of aryl methyl sites for hydroxylation is 2. The second kappa shape index (κ2) is 7.43.